The maximum absolute atomic E-state index is 13.3. The third-order valence-corrected chi connectivity index (χ3v) is 7.91. The van der Waals surface area contributed by atoms with Gasteiger partial charge in [-0.15, -0.1) is 10.2 Å². The zero-order chi connectivity index (χ0) is 23.8. The Labute approximate surface area is 199 Å². The van der Waals surface area contributed by atoms with Crippen LogP contribution in [0.3, 0.4) is 0 Å². The number of ether oxygens (including phenoxy) is 2. The number of nitrogens with one attached hydrogen (secondary N) is 1. The molecule has 0 bridgehead atoms. The molecule has 0 aliphatic rings. The van der Waals surface area contributed by atoms with Crippen molar-refractivity contribution in [3.8, 4) is 5.75 Å². The predicted molar refractivity (Wildman–Crippen MR) is 125 cm³/mol. The van der Waals surface area contributed by atoms with Gasteiger partial charge in [0, 0.05) is 0 Å². The number of esters is 1. The molecule has 0 aliphatic heterocycles. The first-order valence-corrected chi connectivity index (χ1v) is 12.6. The minimum absolute atomic E-state index is 0.0472. The molecule has 0 fully saturated rings. The van der Waals surface area contributed by atoms with Crippen molar-refractivity contribution in [3.05, 3.63) is 54.6 Å². The highest BCUT2D eigenvalue weighted by Gasteiger charge is 2.27. The van der Waals surface area contributed by atoms with Gasteiger partial charge < -0.3 is 9.47 Å². The average Bonchev–Trinajstić information content (AvgIpc) is 3.28. The average molecular weight is 509 g/mol. The fourth-order valence-electron chi connectivity index (χ4n) is 2.57. The smallest absolute Gasteiger partial charge is 0.316 e. The number of rotatable bonds is 10. The first-order chi connectivity index (χ1) is 15.8. The number of carbonyl (C=O) groups excluding carboxylic acids is 2. The van der Waals surface area contributed by atoms with E-state index < -0.39 is 28.4 Å². The molecule has 0 radical (unpaired) electrons. The van der Waals surface area contributed by atoms with Crippen molar-refractivity contribution in [1.29, 1.82) is 0 Å². The fraction of sp³-hybridized carbons (Fsp3) is 0.200. The van der Waals surface area contributed by atoms with Gasteiger partial charge in [-0.3, -0.25) is 19.2 Å². The van der Waals surface area contributed by atoms with Gasteiger partial charge in [-0.25, -0.2) is 8.42 Å². The SMILES string of the molecule is COC(=O)CSc1nnc(NC(=O)CN(c2ccc(OC)cc2)S(=O)(=O)c2ccccc2)s1. The molecule has 33 heavy (non-hydrogen) atoms. The molecule has 3 rings (SSSR count). The van der Waals surface area contributed by atoms with Gasteiger partial charge in [-0.05, 0) is 36.4 Å². The molecule has 13 heteroatoms. The van der Waals surface area contributed by atoms with Crippen LogP contribution in [0.4, 0.5) is 10.8 Å². The van der Waals surface area contributed by atoms with Crippen molar-refractivity contribution in [2.75, 3.05) is 36.1 Å². The summed E-state index contributed by atoms with van der Waals surface area (Å²) >= 11 is 2.18. The number of carbonyl (C=O) groups is 2. The third-order valence-electron chi connectivity index (χ3n) is 4.17. The van der Waals surface area contributed by atoms with E-state index in [1.54, 1.807) is 42.5 Å². The van der Waals surface area contributed by atoms with Gasteiger partial charge in [-0.1, -0.05) is 41.3 Å². The molecule has 0 saturated heterocycles. The number of aromatic nitrogens is 2. The highest BCUT2D eigenvalue weighted by Crippen LogP contribution is 2.27. The maximum atomic E-state index is 13.3. The van der Waals surface area contributed by atoms with E-state index in [-0.39, 0.29) is 15.8 Å². The number of nitrogens with zero attached hydrogens (tertiary/aromatic N) is 3. The van der Waals surface area contributed by atoms with Crippen LogP contribution in [0.15, 0.2) is 63.8 Å². The zero-order valence-corrected chi connectivity index (χ0v) is 20.1. The van der Waals surface area contributed by atoms with Gasteiger partial charge in [0.05, 0.1) is 30.6 Å². The molecule has 0 unspecified atom stereocenters. The Morgan fingerprint density at radius 2 is 1.76 bits per heavy atom. The molecule has 174 valence electrons. The lowest BCUT2D eigenvalue weighted by Gasteiger charge is -2.24. The summed E-state index contributed by atoms with van der Waals surface area (Å²) in [4.78, 5) is 24.0. The lowest BCUT2D eigenvalue weighted by Crippen LogP contribution is -2.38. The molecule has 0 atom stereocenters. The monoisotopic (exact) mass is 508 g/mol. The van der Waals surface area contributed by atoms with E-state index in [1.807, 2.05) is 0 Å². The standard InChI is InChI=1S/C20H20N4O6S3/c1-29-15-10-8-14(9-11-15)24(33(27,28)16-6-4-3-5-7-16)12-17(25)21-19-22-23-20(32-19)31-13-18(26)30-2/h3-11H,12-13H2,1-2H3,(H,21,22,25). The number of anilines is 2. The quantitative estimate of drug-likeness (QED) is 0.250. The number of hydrogen-bond acceptors (Lipinski definition) is 10. The topological polar surface area (TPSA) is 128 Å². The molecule has 1 heterocycles. The molecular formula is C20H20N4O6S3. The van der Waals surface area contributed by atoms with E-state index in [2.05, 4.69) is 20.3 Å². The molecule has 0 spiro atoms. The Hall–Kier alpha value is -3.16. The number of sulfonamides is 1. The first kappa shape index (κ1) is 24.5. The predicted octanol–water partition coefficient (Wildman–Crippen LogP) is 2.65. The lowest BCUT2D eigenvalue weighted by molar-refractivity contribution is -0.137. The summed E-state index contributed by atoms with van der Waals surface area (Å²) in [5.74, 6) is -0.418. The van der Waals surface area contributed by atoms with Gasteiger partial charge in [0.15, 0.2) is 4.34 Å². The van der Waals surface area contributed by atoms with Gasteiger partial charge in [-0.2, -0.15) is 0 Å². The van der Waals surface area contributed by atoms with Crippen molar-refractivity contribution >= 4 is 55.8 Å². The second-order valence-electron chi connectivity index (χ2n) is 6.31. The van der Waals surface area contributed by atoms with Crippen molar-refractivity contribution in [2.24, 2.45) is 0 Å². The van der Waals surface area contributed by atoms with Crippen LogP contribution in [0.1, 0.15) is 0 Å². The van der Waals surface area contributed by atoms with Crippen LogP contribution in [-0.4, -0.2) is 57.0 Å². The number of hydrogen-bond donors (Lipinski definition) is 1. The molecule has 1 amide bonds. The second kappa shape index (κ2) is 11.1. The Kier molecular flexibility index (Phi) is 8.25. The Morgan fingerprint density at radius 1 is 1.06 bits per heavy atom. The fourth-order valence-corrected chi connectivity index (χ4v) is 5.61. The molecular weight excluding hydrogens is 488 g/mol. The largest absolute Gasteiger partial charge is 0.497 e. The lowest BCUT2D eigenvalue weighted by atomic mass is 10.3. The van der Waals surface area contributed by atoms with Gasteiger partial charge >= 0.3 is 5.97 Å². The molecule has 1 N–H and O–H groups in total. The zero-order valence-electron chi connectivity index (χ0n) is 17.6. The second-order valence-corrected chi connectivity index (χ2v) is 10.4. The van der Waals surface area contributed by atoms with E-state index in [1.165, 1.54) is 26.4 Å². The summed E-state index contributed by atoms with van der Waals surface area (Å²) in [5.41, 5.74) is 0.293. The van der Waals surface area contributed by atoms with Crippen LogP contribution in [-0.2, 0) is 24.3 Å². The number of amides is 1. The van der Waals surface area contributed by atoms with Gasteiger partial charge in [0.2, 0.25) is 11.0 Å². The highest BCUT2D eigenvalue weighted by molar-refractivity contribution is 8.01. The Morgan fingerprint density at radius 3 is 2.39 bits per heavy atom. The van der Waals surface area contributed by atoms with Crippen molar-refractivity contribution < 1.29 is 27.5 Å². The summed E-state index contributed by atoms with van der Waals surface area (Å²) in [5, 5.41) is 10.5. The van der Waals surface area contributed by atoms with Crippen molar-refractivity contribution in [1.82, 2.24) is 10.2 Å². The van der Waals surface area contributed by atoms with Crippen LogP contribution >= 0.6 is 23.1 Å². The molecule has 0 saturated carbocycles. The Bertz CT molecular complexity index is 1200. The van der Waals surface area contributed by atoms with Crippen molar-refractivity contribution in [3.63, 3.8) is 0 Å². The van der Waals surface area contributed by atoms with Crippen LogP contribution in [0.2, 0.25) is 0 Å². The maximum Gasteiger partial charge on any atom is 0.316 e. The van der Waals surface area contributed by atoms with E-state index >= 15 is 0 Å². The van der Waals surface area contributed by atoms with Crippen LogP contribution in [0.25, 0.3) is 0 Å². The van der Waals surface area contributed by atoms with Crippen molar-refractivity contribution in [2.45, 2.75) is 9.24 Å². The van der Waals surface area contributed by atoms with Gasteiger partial charge in [0.1, 0.15) is 12.3 Å². The van der Waals surface area contributed by atoms with Crippen LogP contribution < -0.4 is 14.4 Å². The minimum atomic E-state index is -4.03. The molecule has 0 aliphatic carbocycles. The molecule has 2 aromatic carbocycles. The van der Waals surface area contributed by atoms with Crippen LogP contribution in [0.5, 0.6) is 5.75 Å². The van der Waals surface area contributed by atoms with E-state index in [0.29, 0.717) is 15.8 Å². The summed E-state index contributed by atoms with van der Waals surface area (Å²) in [6.07, 6.45) is 0. The third kappa shape index (κ3) is 6.43. The summed E-state index contributed by atoms with van der Waals surface area (Å²) < 4.78 is 37.8. The number of methoxy groups -OCH3 is 2. The normalized spacial score (nSPS) is 11.0. The molecule has 10 nitrogen and oxygen atoms in total. The summed E-state index contributed by atoms with van der Waals surface area (Å²) in [6.45, 7) is -0.492. The van der Waals surface area contributed by atoms with E-state index in [4.69, 9.17) is 4.74 Å². The summed E-state index contributed by atoms with van der Waals surface area (Å²) in [6, 6.07) is 14.2. The molecule has 3 aromatic rings. The number of benzene rings is 2. The molecule has 1 aromatic heterocycles. The Balaban J connectivity index is 1.79. The summed E-state index contributed by atoms with van der Waals surface area (Å²) in [7, 11) is -1.25. The first-order valence-electron chi connectivity index (χ1n) is 9.38. The van der Waals surface area contributed by atoms with E-state index in [0.717, 1.165) is 27.4 Å². The van der Waals surface area contributed by atoms with Gasteiger partial charge in [0.25, 0.3) is 10.0 Å². The van der Waals surface area contributed by atoms with E-state index in [9.17, 15) is 18.0 Å². The minimum Gasteiger partial charge on any atom is -0.497 e. The highest BCUT2D eigenvalue weighted by atomic mass is 32.2. The number of thioether (sulfide) groups is 1. The van der Waals surface area contributed by atoms with Crippen LogP contribution in [0, 0.1) is 0 Å².